The number of hydrogen-bond acceptors (Lipinski definition) is 4. The first-order valence-electron chi connectivity index (χ1n) is 6.46. The van der Waals surface area contributed by atoms with Crippen LogP contribution in [0.1, 0.15) is 33.7 Å². The van der Waals surface area contributed by atoms with Crippen molar-refractivity contribution in [2.75, 3.05) is 31.6 Å². The van der Waals surface area contributed by atoms with E-state index in [9.17, 15) is 0 Å². The Labute approximate surface area is 114 Å². The average Bonchev–Trinajstić information content (AvgIpc) is 2.64. The van der Waals surface area contributed by atoms with Crippen LogP contribution in [0.3, 0.4) is 0 Å². The molecule has 1 fully saturated rings. The third kappa shape index (κ3) is 2.31. The molecule has 2 rings (SSSR count). The zero-order chi connectivity index (χ0) is 13.5. The standard InChI is InChI=1S/C12H23N5S/c1-9(2)17-10(13-14-11(17)18)16-7-6-15(5)12(3,4)8-16/h9H,6-8H2,1-5H3,(H,14,18). The van der Waals surface area contributed by atoms with E-state index in [0.717, 1.165) is 25.6 Å². The summed E-state index contributed by atoms with van der Waals surface area (Å²) in [6.07, 6.45) is 0. The number of aromatic amines is 1. The molecule has 0 spiro atoms. The van der Waals surface area contributed by atoms with Crippen molar-refractivity contribution in [3.63, 3.8) is 0 Å². The number of likely N-dealkylation sites (N-methyl/N-ethyl adjacent to an activating group) is 1. The van der Waals surface area contributed by atoms with Gasteiger partial charge in [-0.15, -0.1) is 5.10 Å². The summed E-state index contributed by atoms with van der Waals surface area (Å²) >= 11 is 5.31. The fraction of sp³-hybridized carbons (Fsp3) is 0.833. The van der Waals surface area contributed by atoms with Gasteiger partial charge in [-0.3, -0.25) is 9.47 Å². The van der Waals surface area contributed by atoms with Crippen molar-refractivity contribution in [2.45, 2.75) is 39.3 Å². The maximum absolute atomic E-state index is 5.31. The van der Waals surface area contributed by atoms with Crippen LogP contribution in [0, 0.1) is 4.77 Å². The largest absolute Gasteiger partial charge is 0.338 e. The van der Waals surface area contributed by atoms with Crippen LogP contribution in [0.5, 0.6) is 0 Å². The molecule has 0 aromatic carbocycles. The molecule has 0 radical (unpaired) electrons. The molecule has 18 heavy (non-hydrogen) atoms. The van der Waals surface area contributed by atoms with Gasteiger partial charge >= 0.3 is 0 Å². The second-order valence-corrected chi connectivity index (χ2v) is 6.33. The molecule has 1 aromatic heterocycles. The van der Waals surface area contributed by atoms with Crippen LogP contribution in [0.4, 0.5) is 5.95 Å². The molecular formula is C12H23N5S. The minimum atomic E-state index is 0.160. The number of nitrogens with zero attached hydrogens (tertiary/aromatic N) is 4. The Kier molecular flexibility index (Phi) is 3.51. The number of H-pyrrole nitrogens is 1. The summed E-state index contributed by atoms with van der Waals surface area (Å²) in [4.78, 5) is 4.72. The molecule has 2 heterocycles. The van der Waals surface area contributed by atoms with Crippen LogP contribution >= 0.6 is 12.2 Å². The molecule has 1 aliphatic rings. The van der Waals surface area contributed by atoms with Gasteiger partial charge in [0, 0.05) is 31.2 Å². The first-order valence-corrected chi connectivity index (χ1v) is 6.87. The monoisotopic (exact) mass is 269 g/mol. The fourth-order valence-electron chi connectivity index (χ4n) is 2.40. The van der Waals surface area contributed by atoms with Crippen LogP contribution < -0.4 is 4.90 Å². The summed E-state index contributed by atoms with van der Waals surface area (Å²) < 4.78 is 2.80. The van der Waals surface area contributed by atoms with E-state index in [2.05, 4.69) is 59.3 Å². The average molecular weight is 269 g/mol. The summed E-state index contributed by atoms with van der Waals surface area (Å²) in [5.74, 6) is 0.969. The lowest BCUT2D eigenvalue weighted by molar-refractivity contribution is 0.137. The predicted octanol–water partition coefficient (Wildman–Crippen LogP) is 2.05. The van der Waals surface area contributed by atoms with Gasteiger partial charge in [-0.25, -0.2) is 5.10 Å². The van der Waals surface area contributed by atoms with Crippen molar-refractivity contribution in [1.29, 1.82) is 0 Å². The number of aromatic nitrogens is 3. The number of rotatable bonds is 2. The number of nitrogens with one attached hydrogen (secondary N) is 1. The third-order valence-electron chi connectivity index (χ3n) is 3.80. The Hall–Kier alpha value is -0.880. The predicted molar refractivity (Wildman–Crippen MR) is 76.7 cm³/mol. The van der Waals surface area contributed by atoms with E-state index in [4.69, 9.17) is 12.2 Å². The summed E-state index contributed by atoms with van der Waals surface area (Å²) in [5, 5.41) is 7.32. The summed E-state index contributed by atoms with van der Waals surface area (Å²) in [7, 11) is 2.18. The number of anilines is 1. The fourth-order valence-corrected chi connectivity index (χ4v) is 2.73. The van der Waals surface area contributed by atoms with Crippen LogP contribution in [0.2, 0.25) is 0 Å². The molecule has 0 aliphatic carbocycles. The molecule has 0 bridgehead atoms. The lowest BCUT2D eigenvalue weighted by Crippen LogP contribution is -2.58. The van der Waals surface area contributed by atoms with E-state index in [1.807, 2.05) is 0 Å². The third-order valence-corrected chi connectivity index (χ3v) is 4.09. The van der Waals surface area contributed by atoms with E-state index < -0.39 is 0 Å². The minimum absolute atomic E-state index is 0.160. The zero-order valence-electron chi connectivity index (χ0n) is 11.9. The summed E-state index contributed by atoms with van der Waals surface area (Å²) in [6.45, 7) is 11.8. The SMILES string of the molecule is CC(C)n1c(N2CCN(C)C(C)(C)C2)n[nH]c1=S. The maximum Gasteiger partial charge on any atom is 0.226 e. The van der Waals surface area contributed by atoms with E-state index in [0.29, 0.717) is 10.8 Å². The van der Waals surface area contributed by atoms with Crippen molar-refractivity contribution < 1.29 is 0 Å². The van der Waals surface area contributed by atoms with Gasteiger partial charge in [-0.05, 0) is 47.0 Å². The van der Waals surface area contributed by atoms with Crippen LogP contribution in [0.25, 0.3) is 0 Å². The lowest BCUT2D eigenvalue weighted by atomic mass is 10.00. The van der Waals surface area contributed by atoms with Gasteiger partial charge in [0.15, 0.2) is 4.77 Å². The van der Waals surface area contributed by atoms with E-state index in [1.54, 1.807) is 0 Å². The molecule has 0 atom stereocenters. The van der Waals surface area contributed by atoms with Crippen LogP contribution in [-0.4, -0.2) is 51.9 Å². The molecule has 6 heteroatoms. The van der Waals surface area contributed by atoms with Crippen molar-refractivity contribution in [3.05, 3.63) is 4.77 Å². The van der Waals surface area contributed by atoms with Crippen molar-refractivity contribution in [3.8, 4) is 0 Å². The van der Waals surface area contributed by atoms with Crippen LogP contribution in [0.15, 0.2) is 0 Å². The minimum Gasteiger partial charge on any atom is -0.338 e. The number of piperazine rings is 1. The summed E-state index contributed by atoms with van der Waals surface area (Å²) in [5.41, 5.74) is 0.160. The van der Waals surface area contributed by atoms with E-state index in [1.165, 1.54) is 0 Å². The van der Waals surface area contributed by atoms with Crippen LogP contribution in [-0.2, 0) is 0 Å². The quantitative estimate of drug-likeness (QED) is 0.834. The molecule has 0 amide bonds. The van der Waals surface area contributed by atoms with E-state index >= 15 is 0 Å². The lowest BCUT2D eigenvalue weighted by Gasteiger charge is -2.45. The Bertz CT molecular complexity index is 473. The first kappa shape index (κ1) is 13.5. The Morgan fingerprint density at radius 3 is 2.56 bits per heavy atom. The van der Waals surface area contributed by atoms with Gasteiger partial charge in [0.2, 0.25) is 5.95 Å². The second-order valence-electron chi connectivity index (χ2n) is 5.95. The van der Waals surface area contributed by atoms with Crippen molar-refractivity contribution in [2.24, 2.45) is 0 Å². The normalized spacial score (nSPS) is 20.7. The molecule has 1 N–H and O–H groups in total. The van der Waals surface area contributed by atoms with Crippen molar-refractivity contribution >= 4 is 18.2 Å². The topological polar surface area (TPSA) is 40.1 Å². The highest BCUT2D eigenvalue weighted by Gasteiger charge is 2.33. The van der Waals surface area contributed by atoms with Gasteiger partial charge in [0.05, 0.1) is 0 Å². The Morgan fingerprint density at radius 1 is 1.33 bits per heavy atom. The molecule has 0 unspecified atom stereocenters. The van der Waals surface area contributed by atoms with Gasteiger partial charge in [-0.2, -0.15) is 0 Å². The molecule has 5 nitrogen and oxygen atoms in total. The first-order chi connectivity index (χ1) is 8.33. The van der Waals surface area contributed by atoms with Gasteiger partial charge in [0.25, 0.3) is 0 Å². The highest BCUT2D eigenvalue weighted by molar-refractivity contribution is 7.71. The maximum atomic E-state index is 5.31. The molecule has 102 valence electrons. The van der Waals surface area contributed by atoms with Gasteiger partial charge in [-0.1, -0.05) is 0 Å². The smallest absolute Gasteiger partial charge is 0.226 e. The molecule has 1 aliphatic heterocycles. The Morgan fingerprint density at radius 2 is 2.00 bits per heavy atom. The highest BCUT2D eigenvalue weighted by atomic mass is 32.1. The van der Waals surface area contributed by atoms with Crippen molar-refractivity contribution in [1.82, 2.24) is 19.7 Å². The second kappa shape index (κ2) is 4.66. The molecule has 0 saturated carbocycles. The summed E-state index contributed by atoms with van der Waals surface area (Å²) in [6, 6.07) is 0.328. The highest BCUT2D eigenvalue weighted by Crippen LogP contribution is 2.24. The zero-order valence-corrected chi connectivity index (χ0v) is 12.7. The molecular weight excluding hydrogens is 246 g/mol. The van der Waals surface area contributed by atoms with Gasteiger partial charge in [0.1, 0.15) is 0 Å². The number of hydrogen-bond donors (Lipinski definition) is 1. The Balaban J connectivity index is 2.31. The van der Waals surface area contributed by atoms with E-state index in [-0.39, 0.29) is 5.54 Å². The van der Waals surface area contributed by atoms with Gasteiger partial charge < -0.3 is 4.90 Å². The molecule has 1 saturated heterocycles. The molecule has 1 aromatic rings.